The summed E-state index contributed by atoms with van der Waals surface area (Å²) in [7, 11) is 3.40. The SMILES string of the molecule is CCC(C)SP(N=Nc1ccccc1)(=NC)OC. The summed E-state index contributed by atoms with van der Waals surface area (Å²) in [6, 6.07) is 9.66. The third-order valence-corrected chi connectivity index (χ3v) is 7.74. The van der Waals surface area contributed by atoms with E-state index in [1.54, 1.807) is 25.5 Å². The maximum Gasteiger partial charge on any atom is 0.274 e. The topological polar surface area (TPSA) is 46.3 Å². The molecular formula is C12H20N3OPS. The molecule has 1 aromatic rings. The molecule has 0 bridgehead atoms. The third kappa shape index (κ3) is 4.56. The molecular weight excluding hydrogens is 265 g/mol. The Labute approximate surface area is 113 Å². The Balaban J connectivity index is 2.90. The first kappa shape index (κ1) is 15.4. The lowest BCUT2D eigenvalue weighted by Crippen LogP contribution is -1.92. The summed E-state index contributed by atoms with van der Waals surface area (Å²) in [6.45, 7) is 2.10. The van der Waals surface area contributed by atoms with Crippen molar-refractivity contribution in [2.45, 2.75) is 25.5 Å². The standard InChI is InChI=1S/C12H20N3OPS/c1-5-11(2)18-17(13-3,16-4)15-14-12-9-7-6-8-10-12/h6-11H,5H2,1-4H3. The highest BCUT2D eigenvalue weighted by molar-refractivity contribution is 8.57. The van der Waals surface area contributed by atoms with Crippen LogP contribution in [0.5, 0.6) is 0 Å². The van der Waals surface area contributed by atoms with Crippen LogP contribution in [0.15, 0.2) is 45.1 Å². The Kier molecular flexibility index (Phi) is 6.61. The van der Waals surface area contributed by atoms with Gasteiger partial charge < -0.3 is 4.52 Å². The van der Waals surface area contributed by atoms with Gasteiger partial charge in [0.05, 0.1) is 5.69 Å². The van der Waals surface area contributed by atoms with Crippen molar-refractivity contribution in [3.63, 3.8) is 0 Å². The largest absolute Gasteiger partial charge is 0.322 e. The average Bonchev–Trinajstić information content (AvgIpc) is 2.44. The fraction of sp³-hybridized carbons (Fsp3) is 0.500. The minimum absolute atomic E-state index is 0.455. The smallest absolute Gasteiger partial charge is 0.274 e. The summed E-state index contributed by atoms with van der Waals surface area (Å²) in [5.74, 6) is 0. The van der Waals surface area contributed by atoms with Crippen LogP contribution in [0, 0.1) is 0 Å². The minimum Gasteiger partial charge on any atom is -0.322 e. The Hall–Kier alpha value is -0.640. The first-order valence-electron chi connectivity index (χ1n) is 5.88. The predicted molar refractivity (Wildman–Crippen MR) is 80.6 cm³/mol. The molecule has 6 heteroatoms. The Morgan fingerprint density at radius 2 is 2.00 bits per heavy atom. The van der Waals surface area contributed by atoms with Gasteiger partial charge in [0.2, 0.25) is 0 Å². The van der Waals surface area contributed by atoms with Crippen LogP contribution < -0.4 is 0 Å². The van der Waals surface area contributed by atoms with Crippen LogP contribution in [0.2, 0.25) is 0 Å². The Bertz CT molecular complexity index is 436. The summed E-state index contributed by atoms with van der Waals surface area (Å²) in [4.78, 5) is 4.36. The molecule has 4 nitrogen and oxygen atoms in total. The molecule has 0 aliphatic rings. The van der Waals surface area contributed by atoms with Crippen molar-refractivity contribution in [3.8, 4) is 0 Å². The fourth-order valence-corrected chi connectivity index (χ4v) is 5.18. The van der Waals surface area contributed by atoms with Crippen molar-refractivity contribution in [1.29, 1.82) is 0 Å². The highest BCUT2D eigenvalue weighted by Crippen LogP contribution is 2.65. The molecule has 0 heterocycles. The third-order valence-electron chi connectivity index (χ3n) is 2.41. The lowest BCUT2D eigenvalue weighted by Gasteiger charge is -2.18. The summed E-state index contributed by atoms with van der Waals surface area (Å²) in [6.07, 6.45) is 1.06. The van der Waals surface area contributed by atoms with Crippen molar-refractivity contribution >= 4 is 23.7 Å². The Morgan fingerprint density at radius 3 is 2.50 bits per heavy atom. The fourth-order valence-electron chi connectivity index (χ4n) is 1.18. The molecule has 0 amide bonds. The highest BCUT2D eigenvalue weighted by atomic mass is 32.7. The minimum atomic E-state index is -2.20. The van der Waals surface area contributed by atoms with Crippen molar-refractivity contribution < 1.29 is 4.52 Å². The predicted octanol–water partition coefficient (Wildman–Crippen LogP) is 5.52. The van der Waals surface area contributed by atoms with Gasteiger partial charge in [-0.3, -0.25) is 4.74 Å². The summed E-state index contributed by atoms with van der Waals surface area (Å²) in [5.41, 5.74) is 0.826. The van der Waals surface area contributed by atoms with E-state index in [1.165, 1.54) is 0 Å². The van der Waals surface area contributed by atoms with Crippen molar-refractivity contribution in [3.05, 3.63) is 30.3 Å². The molecule has 1 aromatic carbocycles. The first-order chi connectivity index (χ1) is 8.65. The van der Waals surface area contributed by atoms with E-state index in [0.29, 0.717) is 5.25 Å². The molecule has 2 atom stereocenters. The van der Waals surface area contributed by atoms with E-state index in [-0.39, 0.29) is 0 Å². The van der Waals surface area contributed by atoms with Crippen molar-refractivity contribution in [2.24, 2.45) is 14.7 Å². The van der Waals surface area contributed by atoms with E-state index in [2.05, 4.69) is 28.6 Å². The van der Waals surface area contributed by atoms with Gasteiger partial charge in [0, 0.05) is 19.4 Å². The average molecular weight is 285 g/mol. The maximum absolute atomic E-state index is 5.53. The van der Waals surface area contributed by atoms with Gasteiger partial charge in [0.15, 0.2) is 0 Å². The zero-order chi connectivity index (χ0) is 13.4. The first-order valence-corrected chi connectivity index (χ1v) is 8.98. The molecule has 1 rings (SSSR count). The summed E-state index contributed by atoms with van der Waals surface area (Å²) in [5, 5.41) is 4.70. The van der Waals surface area contributed by atoms with E-state index < -0.39 is 6.63 Å². The number of rotatable bonds is 6. The highest BCUT2D eigenvalue weighted by Gasteiger charge is 2.21. The van der Waals surface area contributed by atoms with Crippen LogP contribution in [0.4, 0.5) is 5.69 Å². The van der Waals surface area contributed by atoms with Gasteiger partial charge in [-0.05, 0) is 18.6 Å². The molecule has 0 saturated heterocycles. The second-order valence-electron chi connectivity index (χ2n) is 3.72. The molecule has 0 fully saturated rings. The molecule has 0 spiro atoms. The lowest BCUT2D eigenvalue weighted by molar-refractivity contribution is 0.463. The van der Waals surface area contributed by atoms with Gasteiger partial charge in [0.25, 0.3) is 6.63 Å². The maximum atomic E-state index is 5.53. The normalized spacial score (nSPS) is 16.4. The van der Waals surface area contributed by atoms with Gasteiger partial charge >= 0.3 is 0 Å². The molecule has 0 aliphatic carbocycles. The molecule has 100 valence electrons. The summed E-state index contributed by atoms with van der Waals surface area (Å²) >= 11 is 1.67. The van der Waals surface area contributed by atoms with Gasteiger partial charge in [-0.25, -0.2) is 0 Å². The molecule has 2 unspecified atom stereocenters. The number of nitrogens with zero attached hydrogens (tertiary/aromatic N) is 3. The molecule has 0 saturated carbocycles. The monoisotopic (exact) mass is 285 g/mol. The van der Waals surface area contributed by atoms with Crippen LogP contribution in [0.3, 0.4) is 0 Å². The quantitative estimate of drug-likeness (QED) is 0.510. The van der Waals surface area contributed by atoms with E-state index in [1.807, 2.05) is 30.3 Å². The molecule has 0 radical (unpaired) electrons. The number of hydrogen-bond acceptors (Lipinski definition) is 4. The molecule has 18 heavy (non-hydrogen) atoms. The van der Waals surface area contributed by atoms with Gasteiger partial charge in [0.1, 0.15) is 0 Å². The molecule has 0 N–H and O–H groups in total. The van der Waals surface area contributed by atoms with Crippen molar-refractivity contribution in [2.75, 3.05) is 14.2 Å². The Morgan fingerprint density at radius 1 is 1.33 bits per heavy atom. The van der Waals surface area contributed by atoms with Gasteiger partial charge in [-0.1, -0.05) is 43.4 Å². The van der Waals surface area contributed by atoms with E-state index in [9.17, 15) is 0 Å². The van der Waals surface area contributed by atoms with E-state index in [4.69, 9.17) is 4.52 Å². The number of hydrogen-bond donors (Lipinski definition) is 0. The van der Waals surface area contributed by atoms with Crippen LogP contribution in [-0.2, 0) is 4.52 Å². The van der Waals surface area contributed by atoms with Crippen LogP contribution >= 0.6 is 18.0 Å². The number of benzene rings is 1. The van der Waals surface area contributed by atoms with Crippen LogP contribution in [-0.4, -0.2) is 19.4 Å². The zero-order valence-corrected chi connectivity index (χ0v) is 13.0. The van der Waals surface area contributed by atoms with Gasteiger partial charge in [-0.2, -0.15) is 0 Å². The zero-order valence-electron chi connectivity index (χ0n) is 11.3. The van der Waals surface area contributed by atoms with Gasteiger partial charge in [-0.15, -0.1) is 10.00 Å². The molecule has 0 aromatic heterocycles. The van der Waals surface area contributed by atoms with Crippen molar-refractivity contribution in [1.82, 2.24) is 0 Å². The van der Waals surface area contributed by atoms with E-state index in [0.717, 1.165) is 12.1 Å². The van der Waals surface area contributed by atoms with E-state index >= 15 is 0 Å². The second-order valence-corrected chi connectivity index (χ2v) is 8.72. The lowest BCUT2D eigenvalue weighted by atomic mass is 10.3. The summed E-state index contributed by atoms with van der Waals surface area (Å²) < 4.78 is 9.86. The van der Waals surface area contributed by atoms with Crippen LogP contribution in [0.1, 0.15) is 20.3 Å². The second kappa shape index (κ2) is 7.72. The van der Waals surface area contributed by atoms with Crippen LogP contribution in [0.25, 0.3) is 0 Å². The molecule has 0 aliphatic heterocycles.